The fourth-order valence-electron chi connectivity index (χ4n) is 3.05. The van der Waals surface area contributed by atoms with E-state index in [2.05, 4.69) is 20.6 Å². The molecule has 0 bridgehead atoms. The normalized spacial score (nSPS) is 27.3. The summed E-state index contributed by atoms with van der Waals surface area (Å²) in [5, 5.41) is 6.30. The third kappa shape index (κ3) is 3.06. The van der Waals surface area contributed by atoms with Crippen molar-refractivity contribution in [3.05, 3.63) is 23.8 Å². The molecule has 3 atom stereocenters. The zero-order valence-electron chi connectivity index (χ0n) is 12.7. The molecule has 2 fully saturated rings. The highest BCUT2D eigenvalue weighted by Crippen LogP contribution is 2.48. The van der Waals surface area contributed by atoms with E-state index >= 15 is 0 Å². The number of fused-ring (bicyclic) bond motifs is 1. The average Bonchev–Trinajstić information content (AvgIpc) is 2.92. The Morgan fingerprint density at radius 1 is 1.48 bits per heavy atom. The third-order valence-electron chi connectivity index (χ3n) is 4.39. The van der Waals surface area contributed by atoms with Crippen LogP contribution < -0.4 is 10.6 Å². The van der Waals surface area contributed by atoms with E-state index < -0.39 is 5.72 Å². The Kier molecular flexibility index (Phi) is 3.67. The highest BCUT2D eigenvalue weighted by molar-refractivity contribution is 5.83. The minimum Gasteiger partial charge on any atom is -0.350 e. The van der Waals surface area contributed by atoms with Gasteiger partial charge >= 0.3 is 0 Å². The van der Waals surface area contributed by atoms with Crippen molar-refractivity contribution in [2.45, 2.75) is 33.1 Å². The van der Waals surface area contributed by atoms with E-state index in [1.165, 1.54) is 6.33 Å². The van der Waals surface area contributed by atoms with E-state index in [1.54, 1.807) is 6.20 Å². The lowest BCUT2D eigenvalue weighted by Gasteiger charge is -2.27. The maximum absolute atomic E-state index is 12.3. The molecule has 0 spiro atoms. The fraction of sp³-hybridized carbons (Fsp3) is 0.667. The number of carbonyl (C=O) groups excluding carboxylic acids is 1. The van der Waals surface area contributed by atoms with Crippen LogP contribution >= 0.6 is 0 Å². The molecule has 1 saturated carbocycles. The van der Waals surface area contributed by atoms with E-state index in [9.17, 15) is 4.79 Å². The lowest BCUT2D eigenvalue weighted by molar-refractivity contribution is -0.134. The Labute approximate surface area is 124 Å². The Hall–Kier alpha value is -1.53. The Morgan fingerprint density at radius 2 is 2.19 bits per heavy atom. The van der Waals surface area contributed by atoms with Gasteiger partial charge in [-0.25, -0.2) is 9.97 Å². The van der Waals surface area contributed by atoms with Crippen LogP contribution in [0.25, 0.3) is 0 Å². The molecule has 1 aliphatic carbocycles. The van der Waals surface area contributed by atoms with Gasteiger partial charge in [0.05, 0.1) is 12.3 Å². The number of hydrogen-bond donors (Lipinski definition) is 2. The lowest BCUT2D eigenvalue weighted by Crippen LogP contribution is -2.47. The molecule has 2 heterocycles. The van der Waals surface area contributed by atoms with Crippen LogP contribution in [0, 0.1) is 24.7 Å². The van der Waals surface area contributed by atoms with Crippen molar-refractivity contribution in [2.24, 2.45) is 17.8 Å². The number of aryl methyl sites for hydroxylation is 1. The fourth-order valence-corrected chi connectivity index (χ4v) is 3.05. The first-order valence-electron chi connectivity index (χ1n) is 7.40. The van der Waals surface area contributed by atoms with Gasteiger partial charge in [0.2, 0.25) is 5.91 Å². The van der Waals surface area contributed by atoms with Crippen molar-refractivity contribution >= 4 is 5.91 Å². The molecule has 0 unspecified atom stereocenters. The first-order valence-corrected chi connectivity index (χ1v) is 7.40. The smallest absolute Gasteiger partial charge is 0.225 e. The molecule has 21 heavy (non-hydrogen) atoms. The molecule has 1 saturated heterocycles. The molecular formula is C15H22N4O2. The molecule has 0 radical (unpaired) electrons. The Bertz CT molecular complexity index is 536. The van der Waals surface area contributed by atoms with Crippen molar-refractivity contribution in [3.8, 4) is 0 Å². The van der Waals surface area contributed by atoms with Crippen molar-refractivity contribution in [3.63, 3.8) is 0 Å². The molecule has 6 heteroatoms. The second-order valence-corrected chi connectivity index (χ2v) is 6.45. The monoisotopic (exact) mass is 290 g/mol. The van der Waals surface area contributed by atoms with Gasteiger partial charge in [-0.15, -0.1) is 0 Å². The molecule has 1 amide bonds. The Morgan fingerprint density at radius 3 is 2.86 bits per heavy atom. The largest absolute Gasteiger partial charge is 0.350 e. The number of ether oxygens (including phenoxy) is 1. The molecule has 114 valence electrons. The summed E-state index contributed by atoms with van der Waals surface area (Å²) in [5.41, 5.74) is 1.14. The second kappa shape index (κ2) is 5.35. The summed E-state index contributed by atoms with van der Waals surface area (Å²) in [5.74, 6) is 1.31. The topological polar surface area (TPSA) is 76.1 Å². The summed E-state index contributed by atoms with van der Waals surface area (Å²) >= 11 is 0. The molecule has 6 nitrogen and oxygen atoms in total. The van der Waals surface area contributed by atoms with E-state index in [1.807, 2.05) is 20.8 Å². The highest BCUT2D eigenvalue weighted by atomic mass is 16.5. The number of amides is 1. The number of rotatable bonds is 5. The van der Waals surface area contributed by atoms with Gasteiger partial charge in [0.25, 0.3) is 0 Å². The number of hydrogen-bond acceptors (Lipinski definition) is 5. The predicted molar refractivity (Wildman–Crippen MR) is 77.1 cm³/mol. The Balaban J connectivity index is 1.52. The number of piperidine rings is 1. The van der Waals surface area contributed by atoms with Gasteiger partial charge < -0.3 is 15.4 Å². The van der Waals surface area contributed by atoms with E-state index in [0.717, 1.165) is 24.3 Å². The summed E-state index contributed by atoms with van der Waals surface area (Å²) < 4.78 is 5.83. The molecule has 1 aromatic rings. The number of nitrogens with one attached hydrogen (secondary N) is 2. The summed E-state index contributed by atoms with van der Waals surface area (Å²) in [6, 6.07) is 0. The van der Waals surface area contributed by atoms with Crippen molar-refractivity contribution in [1.29, 1.82) is 0 Å². The molecular weight excluding hydrogens is 268 g/mol. The molecule has 1 aromatic heterocycles. The van der Waals surface area contributed by atoms with Gasteiger partial charge in [0.1, 0.15) is 12.1 Å². The van der Waals surface area contributed by atoms with Crippen LogP contribution in [0.5, 0.6) is 0 Å². The third-order valence-corrected chi connectivity index (χ3v) is 4.39. The molecule has 1 aliphatic heterocycles. The number of carbonyl (C=O) groups is 1. The van der Waals surface area contributed by atoms with Crippen LogP contribution in [0.1, 0.15) is 25.1 Å². The summed E-state index contributed by atoms with van der Waals surface area (Å²) in [6.07, 6.45) is 3.27. The van der Waals surface area contributed by atoms with Crippen LogP contribution in [-0.4, -0.2) is 34.7 Å². The van der Waals surface area contributed by atoms with Gasteiger partial charge in [-0.1, -0.05) is 0 Å². The van der Waals surface area contributed by atoms with Crippen LogP contribution in [0.15, 0.2) is 12.5 Å². The summed E-state index contributed by atoms with van der Waals surface area (Å²) in [6.45, 7) is 7.98. The number of nitrogens with zero attached hydrogens (tertiary/aromatic N) is 2. The maximum Gasteiger partial charge on any atom is 0.225 e. The minimum absolute atomic E-state index is 0.107. The summed E-state index contributed by atoms with van der Waals surface area (Å²) in [4.78, 5) is 20.4. The van der Waals surface area contributed by atoms with E-state index in [0.29, 0.717) is 18.4 Å². The van der Waals surface area contributed by atoms with Gasteiger partial charge in [0.15, 0.2) is 0 Å². The number of aromatic nitrogens is 2. The molecule has 2 aliphatic rings. The first kappa shape index (κ1) is 14.4. The zero-order chi connectivity index (χ0) is 15.0. The van der Waals surface area contributed by atoms with Crippen molar-refractivity contribution in [1.82, 2.24) is 20.6 Å². The lowest BCUT2D eigenvalue weighted by atomic mass is 10.2. The molecule has 0 aromatic carbocycles. The van der Waals surface area contributed by atoms with Gasteiger partial charge in [0, 0.05) is 12.1 Å². The van der Waals surface area contributed by atoms with Gasteiger partial charge in [-0.3, -0.25) is 4.79 Å². The maximum atomic E-state index is 12.3. The van der Waals surface area contributed by atoms with Crippen molar-refractivity contribution < 1.29 is 9.53 Å². The van der Waals surface area contributed by atoms with E-state index in [4.69, 9.17) is 4.74 Å². The second-order valence-electron chi connectivity index (χ2n) is 6.45. The standard InChI is InChI=1S/C15H22N4O2/c1-9-4-17-8-18-12(9)7-21-15(2,3)19-14(20)13-10-5-16-6-11(10)13/h4,8,10-11,13,16H,5-7H2,1-3H3,(H,19,20)/t10-,11+,13+. The zero-order valence-corrected chi connectivity index (χ0v) is 12.7. The van der Waals surface area contributed by atoms with Crippen molar-refractivity contribution in [2.75, 3.05) is 13.1 Å². The van der Waals surface area contributed by atoms with Crippen LogP contribution in [0.2, 0.25) is 0 Å². The minimum atomic E-state index is -0.696. The van der Waals surface area contributed by atoms with Crippen LogP contribution in [0.3, 0.4) is 0 Å². The van der Waals surface area contributed by atoms with Crippen LogP contribution in [-0.2, 0) is 16.1 Å². The SMILES string of the molecule is Cc1cncnc1COC(C)(C)NC(=O)[C@H]1[C@@H]2CNC[C@@H]21. The van der Waals surface area contributed by atoms with Crippen LogP contribution in [0.4, 0.5) is 0 Å². The molecule has 2 N–H and O–H groups in total. The average molecular weight is 290 g/mol. The quantitative estimate of drug-likeness (QED) is 0.778. The predicted octanol–water partition coefficient (Wildman–Crippen LogP) is 0.619. The summed E-state index contributed by atoms with van der Waals surface area (Å²) in [7, 11) is 0. The molecule has 3 rings (SSSR count). The van der Waals surface area contributed by atoms with E-state index in [-0.39, 0.29) is 11.8 Å². The highest BCUT2D eigenvalue weighted by Gasteiger charge is 2.57. The van der Waals surface area contributed by atoms with Gasteiger partial charge in [-0.05, 0) is 51.3 Å². The first-order chi connectivity index (χ1) is 9.98. The van der Waals surface area contributed by atoms with Gasteiger partial charge in [-0.2, -0.15) is 0 Å².